The monoisotopic (exact) mass is 542 g/mol. The molecule has 2 aromatic rings. The quantitative estimate of drug-likeness (QED) is 0.282. The van der Waals surface area contributed by atoms with Gasteiger partial charge in [-0.05, 0) is 95.4 Å². The van der Waals surface area contributed by atoms with Crippen LogP contribution in [0.25, 0.3) is 0 Å². The minimum atomic E-state index is -2.53. The first-order valence-corrected chi connectivity index (χ1v) is 17.6. The molecule has 0 heterocycles. The molecule has 0 radical (unpaired) electrons. The van der Waals surface area contributed by atoms with E-state index in [-0.39, 0.29) is 11.1 Å². The van der Waals surface area contributed by atoms with Crippen LogP contribution in [0, 0.1) is 28.6 Å². The lowest BCUT2D eigenvalue weighted by Gasteiger charge is -2.58. The predicted octanol–water partition coefficient (Wildman–Crippen LogP) is 7.91. The first-order chi connectivity index (χ1) is 18.6. The third-order valence-electron chi connectivity index (χ3n) is 12.0. The third kappa shape index (κ3) is 4.25. The van der Waals surface area contributed by atoms with Crippen molar-refractivity contribution in [2.24, 2.45) is 28.6 Å². The summed E-state index contributed by atoms with van der Waals surface area (Å²) < 4.78 is 13.7. The number of methoxy groups -OCH3 is 1. The largest absolute Gasteiger partial charge is 0.404 e. The molecular formula is C36H50O2Si. The van der Waals surface area contributed by atoms with Gasteiger partial charge in [-0.25, -0.2) is 0 Å². The van der Waals surface area contributed by atoms with Crippen LogP contribution in [0.15, 0.2) is 72.3 Å². The highest BCUT2D eigenvalue weighted by atomic mass is 28.4. The lowest BCUT2D eigenvalue weighted by atomic mass is 9.48. The molecule has 3 heteroatoms. The minimum Gasteiger partial charge on any atom is -0.404 e. The highest BCUT2D eigenvalue weighted by Gasteiger charge is 2.59. The predicted molar refractivity (Wildman–Crippen MR) is 165 cm³/mol. The lowest BCUT2D eigenvalue weighted by molar-refractivity contribution is -0.0815. The van der Waals surface area contributed by atoms with Gasteiger partial charge in [0.25, 0.3) is 8.32 Å². The topological polar surface area (TPSA) is 18.5 Å². The van der Waals surface area contributed by atoms with E-state index in [0.717, 1.165) is 24.2 Å². The van der Waals surface area contributed by atoms with Crippen molar-refractivity contribution >= 4 is 18.7 Å². The van der Waals surface area contributed by atoms with Gasteiger partial charge in [-0.1, -0.05) is 107 Å². The molecule has 0 aromatic heterocycles. The van der Waals surface area contributed by atoms with Gasteiger partial charge in [0.05, 0.1) is 6.10 Å². The van der Waals surface area contributed by atoms with Crippen LogP contribution in [0.3, 0.4) is 0 Å². The van der Waals surface area contributed by atoms with Crippen LogP contribution >= 0.6 is 0 Å². The Morgan fingerprint density at radius 3 is 2.03 bits per heavy atom. The van der Waals surface area contributed by atoms with Gasteiger partial charge in [0, 0.05) is 13.2 Å². The van der Waals surface area contributed by atoms with Gasteiger partial charge in [-0.3, -0.25) is 0 Å². The molecule has 0 unspecified atom stereocenters. The van der Waals surface area contributed by atoms with E-state index in [1.807, 2.05) is 7.11 Å². The summed E-state index contributed by atoms with van der Waals surface area (Å²) in [6, 6.07) is 22.4. The zero-order valence-corrected chi connectivity index (χ0v) is 26.2. The Morgan fingerprint density at radius 2 is 1.44 bits per heavy atom. The second kappa shape index (κ2) is 10.00. The van der Waals surface area contributed by atoms with Crippen LogP contribution in [0.5, 0.6) is 0 Å². The zero-order chi connectivity index (χ0) is 27.5. The second-order valence-corrected chi connectivity index (χ2v) is 19.0. The van der Waals surface area contributed by atoms with E-state index in [2.05, 4.69) is 101 Å². The van der Waals surface area contributed by atoms with Gasteiger partial charge in [0.2, 0.25) is 0 Å². The summed E-state index contributed by atoms with van der Waals surface area (Å²) in [5, 5.41) is 2.82. The van der Waals surface area contributed by atoms with Crippen molar-refractivity contribution in [3.05, 3.63) is 72.3 Å². The Morgan fingerprint density at radius 1 is 0.795 bits per heavy atom. The molecule has 4 aliphatic carbocycles. The van der Waals surface area contributed by atoms with Crippen LogP contribution in [0.1, 0.15) is 86.0 Å². The maximum absolute atomic E-state index is 7.64. The van der Waals surface area contributed by atoms with E-state index >= 15 is 0 Å². The number of hydrogen-bond donors (Lipinski definition) is 0. The van der Waals surface area contributed by atoms with E-state index in [9.17, 15) is 0 Å². The van der Waals surface area contributed by atoms with Crippen molar-refractivity contribution in [2.75, 3.05) is 7.11 Å². The third-order valence-corrected chi connectivity index (χ3v) is 17.1. The summed E-state index contributed by atoms with van der Waals surface area (Å²) >= 11 is 0. The molecule has 0 saturated heterocycles. The fraction of sp³-hybridized carbons (Fsp3) is 0.611. The summed E-state index contributed by atoms with van der Waals surface area (Å²) in [4.78, 5) is 0. The Balaban J connectivity index is 1.31. The molecule has 3 fully saturated rings. The molecule has 0 spiro atoms. The average molecular weight is 543 g/mol. The number of allylic oxidation sites excluding steroid dienone is 1. The molecule has 39 heavy (non-hydrogen) atoms. The van der Waals surface area contributed by atoms with E-state index in [0.29, 0.717) is 16.9 Å². The fourth-order valence-corrected chi connectivity index (χ4v) is 14.7. The van der Waals surface area contributed by atoms with Crippen molar-refractivity contribution in [1.82, 2.24) is 0 Å². The summed E-state index contributed by atoms with van der Waals surface area (Å²) in [5.74, 6) is 2.47. The number of benzene rings is 2. The number of fused-ring (bicyclic) bond motifs is 5. The van der Waals surface area contributed by atoms with E-state index < -0.39 is 8.32 Å². The number of hydrogen-bond acceptors (Lipinski definition) is 2. The summed E-state index contributed by atoms with van der Waals surface area (Å²) in [6.07, 6.45) is 13.5. The Hall–Kier alpha value is -1.68. The molecule has 4 aliphatic rings. The molecular weight excluding hydrogens is 492 g/mol. The fourth-order valence-electron chi connectivity index (χ4n) is 10.0. The highest BCUT2D eigenvalue weighted by Crippen LogP contribution is 2.65. The maximum Gasteiger partial charge on any atom is 0.261 e. The van der Waals surface area contributed by atoms with Crippen LogP contribution in [0.4, 0.5) is 0 Å². The SMILES string of the molecule is CO[C@H]1CC[C@H]2[C@@H]3CC=C4C[C@@H](O[Si](c5ccccc5)(c5ccccc5)C(C)(C)C)CC[C@]4(C)[C@H]3CC[C@]12C. The number of rotatable bonds is 5. The molecule has 0 bridgehead atoms. The van der Waals surface area contributed by atoms with Crippen molar-refractivity contribution < 1.29 is 9.16 Å². The molecule has 210 valence electrons. The molecule has 7 atom stereocenters. The molecule has 6 rings (SSSR count). The smallest absolute Gasteiger partial charge is 0.261 e. The van der Waals surface area contributed by atoms with Gasteiger partial charge in [0.15, 0.2) is 0 Å². The lowest BCUT2D eigenvalue weighted by Crippen LogP contribution is -2.68. The van der Waals surface area contributed by atoms with Gasteiger partial charge in [-0.15, -0.1) is 0 Å². The standard InChI is InChI=1S/C36H50O2Si/c1-34(2,3)39(28-13-9-7-10-14-28,29-15-11-8-12-16-29)38-27-21-23-35(4)26(25-27)17-18-30-31-19-20-33(37-6)36(31,5)24-22-32(30)35/h7-17,27,30-33H,18-25H2,1-6H3/t27-,30-,31-,32-,33-,35-,36-/m0/s1. The summed E-state index contributed by atoms with van der Waals surface area (Å²) in [6.45, 7) is 12.4. The Bertz CT molecular complexity index is 1140. The van der Waals surface area contributed by atoms with Crippen molar-refractivity contribution in [3.63, 3.8) is 0 Å². The van der Waals surface area contributed by atoms with E-state index in [1.54, 1.807) is 5.57 Å². The van der Waals surface area contributed by atoms with Crippen LogP contribution in [0.2, 0.25) is 5.04 Å². The first kappa shape index (κ1) is 27.5. The molecule has 2 aromatic carbocycles. The first-order valence-electron chi connectivity index (χ1n) is 15.6. The van der Waals surface area contributed by atoms with Gasteiger partial charge < -0.3 is 9.16 Å². The van der Waals surface area contributed by atoms with Crippen molar-refractivity contribution in [2.45, 2.75) is 103 Å². The molecule has 0 aliphatic heterocycles. The van der Waals surface area contributed by atoms with Crippen LogP contribution < -0.4 is 10.4 Å². The molecule has 2 nitrogen and oxygen atoms in total. The maximum atomic E-state index is 7.64. The van der Waals surface area contributed by atoms with Crippen LogP contribution in [-0.2, 0) is 9.16 Å². The highest BCUT2D eigenvalue weighted by molar-refractivity contribution is 6.99. The zero-order valence-electron chi connectivity index (χ0n) is 25.2. The van der Waals surface area contributed by atoms with Crippen molar-refractivity contribution in [3.8, 4) is 0 Å². The average Bonchev–Trinajstić information content (AvgIpc) is 3.28. The van der Waals surface area contributed by atoms with Gasteiger partial charge in [0.1, 0.15) is 0 Å². The van der Waals surface area contributed by atoms with Crippen molar-refractivity contribution in [1.29, 1.82) is 0 Å². The molecule has 0 N–H and O–H groups in total. The normalized spacial score (nSPS) is 36.5. The number of ether oxygens (including phenoxy) is 1. The summed E-state index contributed by atoms with van der Waals surface area (Å²) in [5.41, 5.74) is 2.42. The Labute approximate surface area is 238 Å². The summed E-state index contributed by atoms with van der Waals surface area (Å²) in [7, 11) is -0.591. The second-order valence-electron chi connectivity index (χ2n) is 14.8. The molecule has 0 amide bonds. The minimum absolute atomic E-state index is 0.0245. The van der Waals surface area contributed by atoms with Gasteiger partial charge in [-0.2, -0.15) is 0 Å². The van der Waals surface area contributed by atoms with E-state index in [1.165, 1.54) is 55.3 Å². The molecule has 3 saturated carbocycles. The Kier molecular flexibility index (Phi) is 7.04. The van der Waals surface area contributed by atoms with Crippen LogP contribution in [-0.4, -0.2) is 27.6 Å². The van der Waals surface area contributed by atoms with Gasteiger partial charge >= 0.3 is 0 Å². The van der Waals surface area contributed by atoms with E-state index in [4.69, 9.17) is 9.16 Å².